The maximum Gasteiger partial charge on any atom is 0.161 e. The van der Waals surface area contributed by atoms with E-state index in [1.54, 1.807) is 13.2 Å². The second-order valence-electron chi connectivity index (χ2n) is 8.08. The Morgan fingerprint density at radius 2 is 1.59 bits per heavy atom. The van der Waals surface area contributed by atoms with E-state index >= 15 is 0 Å². The molecule has 0 bridgehead atoms. The molecule has 6 nitrogen and oxygen atoms in total. The van der Waals surface area contributed by atoms with Crippen LogP contribution >= 0.6 is 0 Å². The van der Waals surface area contributed by atoms with Gasteiger partial charge in [-0.1, -0.05) is 36.4 Å². The van der Waals surface area contributed by atoms with Crippen LogP contribution in [0.15, 0.2) is 66.7 Å². The summed E-state index contributed by atoms with van der Waals surface area (Å²) < 4.78 is 11.6. The Morgan fingerprint density at radius 1 is 0.844 bits per heavy atom. The van der Waals surface area contributed by atoms with E-state index in [2.05, 4.69) is 45.1 Å². The second kappa shape index (κ2) is 11.0. The molecule has 1 aromatic heterocycles. The summed E-state index contributed by atoms with van der Waals surface area (Å²) in [5, 5.41) is 0. The number of anilines is 1. The van der Waals surface area contributed by atoms with Gasteiger partial charge in [-0.15, -0.1) is 0 Å². The van der Waals surface area contributed by atoms with Crippen LogP contribution < -0.4 is 15.2 Å². The number of piperazine rings is 1. The number of nitrogens with two attached hydrogens (primary N) is 1. The van der Waals surface area contributed by atoms with Gasteiger partial charge < -0.3 is 20.1 Å². The van der Waals surface area contributed by atoms with E-state index in [9.17, 15) is 0 Å². The average molecular weight is 433 g/mol. The summed E-state index contributed by atoms with van der Waals surface area (Å²) in [6, 6.07) is 22.2. The molecule has 0 aliphatic carbocycles. The molecular formula is C26H32N4O2. The summed E-state index contributed by atoms with van der Waals surface area (Å²) >= 11 is 0. The molecule has 168 valence electrons. The number of hydrogen-bond acceptors (Lipinski definition) is 6. The van der Waals surface area contributed by atoms with Crippen LogP contribution in [0.1, 0.15) is 5.56 Å². The SMILES string of the molecule is COc1cc(-c2cccc(N)n2)ccc1OCCN1CCN(CCc2ccccc2)CC1. The molecule has 4 rings (SSSR count). The van der Waals surface area contributed by atoms with E-state index in [4.69, 9.17) is 15.2 Å². The zero-order valence-electron chi connectivity index (χ0n) is 18.7. The third-order valence-corrected chi connectivity index (χ3v) is 5.92. The quantitative estimate of drug-likeness (QED) is 0.558. The largest absolute Gasteiger partial charge is 0.493 e. The molecular weight excluding hydrogens is 400 g/mol. The van der Waals surface area contributed by atoms with Crippen LogP contribution in [0.2, 0.25) is 0 Å². The fourth-order valence-electron chi connectivity index (χ4n) is 4.01. The lowest BCUT2D eigenvalue weighted by Gasteiger charge is -2.34. The molecule has 0 unspecified atom stereocenters. The molecule has 1 fully saturated rings. The first-order chi connectivity index (χ1) is 15.7. The molecule has 32 heavy (non-hydrogen) atoms. The highest BCUT2D eigenvalue weighted by Crippen LogP contribution is 2.32. The number of pyridine rings is 1. The highest BCUT2D eigenvalue weighted by Gasteiger charge is 2.17. The van der Waals surface area contributed by atoms with Crippen molar-refractivity contribution in [1.82, 2.24) is 14.8 Å². The van der Waals surface area contributed by atoms with Crippen molar-refractivity contribution in [3.05, 3.63) is 72.3 Å². The molecule has 0 atom stereocenters. The number of nitrogen functional groups attached to an aromatic ring is 1. The van der Waals surface area contributed by atoms with Crippen LogP contribution in [-0.2, 0) is 6.42 Å². The van der Waals surface area contributed by atoms with Crippen molar-refractivity contribution in [2.75, 3.05) is 58.7 Å². The molecule has 6 heteroatoms. The lowest BCUT2D eigenvalue weighted by molar-refractivity contribution is 0.117. The summed E-state index contributed by atoms with van der Waals surface area (Å²) in [5.41, 5.74) is 8.99. The normalized spacial score (nSPS) is 14.9. The summed E-state index contributed by atoms with van der Waals surface area (Å²) in [6.45, 7) is 7.05. The van der Waals surface area contributed by atoms with E-state index < -0.39 is 0 Å². The van der Waals surface area contributed by atoms with Crippen molar-refractivity contribution < 1.29 is 9.47 Å². The minimum Gasteiger partial charge on any atom is -0.493 e. The third kappa shape index (κ3) is 5.99. The molecule has 0 spiro atoms. The number of nitrogens with zero attached hydrogens (tertiary/aromatic N) is 3. The predicted molar refractivity (Wildman–Crippen MR) is 129 cm³/mol. The van der Waals surface area contributed by atoms with Crippen LogP contribution in [0.25, 0.3) is 11.3 Å². The molecule has 2 N–H and O–H groups in total. The summed E-state index contributed by atoms with van der Waals surface area (Å²) in [4.78, 5) is 9.40. The molecule has 2 aromatic carbocycles. The third-order valence-electron chi connectivity index (χ3n) is 5.92. The zero-order chi connectivity index (χ0) is 22.2. The molecule has 0 radical (unpaired) electrons. The van der Waals surface area contributed by atoms with Crippen LogP contribution in [0.4, 0.5) is 5.82 Å². The first-order valence-corrected chi connectivity index (χ1v) is 11.2. The predicted octanol–water partition coefficient (Wildman–Crippen LogP) is 3.58. The average Bonchev–Trinajstić information content (AvgIpc) is 2.84. The van der Waals surface area contributed by atoms with Gasteiger partial charge in [-0.05, 0) is 42.3 Å². The highest BCUT2D eigenvalue weighted by atomic mass is 16.5. The molecule has 1 aliphatic rings. The molecule has 3 aromatic rings. The lowest BCUT2D eigenvalue weighted by Crippen LogP contribution is -2.47. The molecule has 0 amide bonds. The number of methoxy groups -OCH3 is 1. The van der Waals surface area contributed by atoms with Gasteiger partial charge in [0.05, 0.1) is 12.8 Å². The van der Waals surface area contributed by atoms with Crippen LogP contribution in [0, 0.1) is 0 Å². The Labute approximate surface area is 190 Å². The molecule has 0 saturated carbocycles. The topological polar surface area (TPSA) is 63.9 Å². The van der Waals surface area contributed by atoms with Crippen molar-refractivity contribution in [3.63, 3.8) is 0 Å². The van der Waals surface area contributed by atoms with Gasteiger partial charge in [0.1, 0.15) is 12.4 Å². The van der Waals surface area contributed by atoms with Gasteiger partial charge in [-0.2, -0.15) is 0 Å². The molecule has 2 heterocycles. The van der Waals surface area contributed by atoms with Gasteiger partial charge in [0.25, 0.3) is 0 Å². The Hall–Kier alpha value is -3.09. The van der Waals surface area contributed by atoms with Crippen LogP contribution in [-0.4, -0.2) is 67.8 Å². The first-order valence-electron chi connectivity index (χ1n) is 11.2. The van der Waals surface area contributed by atoms with Crippen molar-refractivity contribution in [2.24, 2.45) is 0 Å². The van der Waals surface area contributed by atoms with Crippen molar-refractivity contribution in [3.8, 4) is 22.8 Å². The van der Waals surface area contributed by atoms with Crippen molar-refractivity contribution >= 4 is 5.82 Å². The van der Waals surface area contributed by atoms with Gasteiger partial charge in [0.15, 0.2) is 11.5 Å². The van der Waals surface area contributed by atoms with E-state index in [0.29, 0.717) is 18.2 Å². The van der Waals surface area contributed by atoms with Gasteiger partial charge in [-0.3, -0.25) is 4.90 Å². The van der Waals surface area contributed by atoms with E-state index in [1.165, 1.54) is 5.56 Å². The van der Waals surface area contributed by atoms with Gasteiger partial charge in [0.2, 0.25) is 0 Å². The van der Waals surface area contributed by atoms with Gasteiger partial charge in [-0.25, -0.2) is 4.98 Å². The van der Waals surface area contributed by atoms with Crippen LogP contribution in [0.3, 0.4) is 0 Å². The minimum atomic E-state index is 0.502. The van der Waals surface area contributed by atoms with Crippen LogP contribution in [0.5, 0.6) is 11.5 Å². The molecule has 1 aliphatic heterocycles. The zero-order valence-corrected chi connectivity index (χ0v) is 18.7. The first kappa shape index (κ1) is 22.1. The minimum absolute atomic E-state index is 0.502. The van der Waals surface area contributed by atoms with E-state index in [0.717, 1.165) is 62.7 Å². The summed E-state index contributed by atoms with van der Waals surface area (Å²) in [5.74, 6) is 1.96. The second-order valence-corrected chi connectivity index (χ2v) is 8.08. The Bertz CT molecular complexity index is 988. The lowest BCUT2D eigenvalue weighted by atomic mass is 10.1. The summed E-state index contributed by atoms with van der Waals surface area (Å²) in [7, 11) is 1.66. The van der Waals surface area contributed by atoms with Gasteiger partial charge >= 0.3 is 0 Å². The van der Waals surface area contributed by atoms with E-state index in [1.807, 2.05) is 30.3 Å². The molecule has 1 saturated heterocycles. The maximum absolute atomic E-state index is 6.05. The van der Waals surface area contributed by atoms with Crippen molar-refractivity contribution in [1.29, 1.82) is 0 Å². The summed E-state index contributed by atoms with van der Waals surface area (Å²) in [6.07, 6.45) is 1.12. The number of rotatable bonds is 9. The Kier molecular flexibility index (Phi) is 7.59. The monoisotopic (exact) mass is 432 g/mol. The number of benzene rings is 2. The smallest absolute Gasteiger partial charge is 0.161 e. The fourth-order valence-corrected chi connectivity index (χ4v) is 4.01. The number of hydrogen-bond donors (Lipinski definition) is 1. The van der Waals surface area contributed by atoms with Crippen molar-refractivity contribution in [2.45, 2.75) is 6.42 Å². The standard InChI is InChI=1S/C26H32N4O2/c1-31-25-20-22(23-8-5-9-26(27)28-23)10-11-24(25)32-19-18-30-16-14-29(15-17-30)13-12-21-6-3-2-4-7-21/h2-11,20H,12-19H2,1H3,(H2,27,28). The number of aromatic nitrogens is 1. The Balaban J connectivity index is 1.22. The van der Waals surface area contributed by atoms with Gasteiger partial charge in [0, 0.05) is 44.8 Å². The fraction of sp³-hybridized carbons (Fsp3) is 0.346. The Morgan fingerprint density at radius 3 is 2.31 bits per heavy atom. The number of ether oxygens (including phenoxy) is 2. The van der Waals surface area contributed by atoms with E-state index in [-0.39, 0.29) is 0 Å². The highest BCUT2D eigenvalue weighted by molar-refractivity contribution is 5.65. The maximum atomic E-state index is 6.05.